The maximum Gasteiger partial charge on any atom is 0.287 e. The number of hydrogen-bond acceptors (Lipinski definition) is 6. The lowest BCUT2D eigenvalue weighted by Gasteiger charge is -2.13. The zero-order chi connectivity index (χ0) is 21.0. The topological polar surface area (TPSA) is 66.5 Å². The van der Waals surface area contributed by atoms with Gasteiger partial charge in [-0.05, 0) is 66.5 Å². The Morgan fingerprint density at radius 1 is 1.21 bits per heavy atom. The van der Waals surface area contributed by atoms with E-state index in [0.717, 1.165) is 16.9 Å². The Morgan fingerprint density at radius 3 is 2.59 bits per heavy atom. The zero-order valence-corrected chi connectivity index (χ0v) is 17.8. The van der Waals surface area contributed by atoms with Crippen LogP contribution in [0.5, 0.6) is 11.5 Å². The summed E-state index contributed by atoms with van der Waals surface area (Å²) in [5.74, 6) is 2.02. The number of ketones is 1. The molecule has 2 aromatic carbocycles. The van der Waals surface area contributed by atoms with Crippen LogP contribution >= 0.6 is 12.2 Å². The number of Topliss-reactive ketones (excluding diaryl/α,β-unsaturated/α-hetero) is 1. The molecule has 0 radical (unpaired) electrons. The van der Waals surface area contributed by atoms with Crippen LogP contribution in [0.15, 0.2) is 46.9 Å². The highest BCUT2D eigenvalue weighted by atomic mass is 32.1. The molecule has 0 unspecified atom stereocenters. The molecule has 0 saturated carbocycles. The summed E-state index contributed by atoms with van der Waals surface area (Å²) in [6, 6.07) is 13.0. The molecule has 0 spiro atoms. The first-order valence-corrected chi connectivity index (χ1v) is 9.75. The molecule has 3 aromatic rings. The Bertz CT molecular complexity index is 1050. The minimum atomic E-state index is -0.120. The van der Waals surface area contributed by atoms with Gasteiger partial charge in [0.15, 0.2) is 12.4 Å². The normalized spacial score (nSPS) is 10.9. The molecular formula is C22H24N2O4S. The van der Waals surface area contributed by atoms with Crippen molar-refractivity contribution >= 4 is 18.0 Å². The van der Waals surface area contributed by atoms with Gasteiger partial charge in [0.2, 0.25) is 0 Å². The number of carbonyl (C=O) groups excluding carboxylic acids is 1. The van der Waals surface area contributed by atoms with E-state index in [-0.39, 0.29) is 23.8 Å². The Morgan fingerprint density at radius 2 is 1.93 bits per heavy atom. The molecule has 7 heteroatoms. The predicted octanol–water partition coefficient (Wildman–Crippen LogP) is 5.11. The van der Waals surface area contributed by atoms with E-state index in [9.17, 15) is 4.79 Å². The Kier molecular flexibility index (Phi) is 6.49. The van der Waals surface area contributed by atoms with Crippen LogP contribution in [0.2, 0.25) is 0 Å². The summed E-state index contributed by atoms with van der Waals surface area (Å²) in [5.41, 5.74) is 2.78. The summed E-state index contributed by atoms with van der Waals surface area (Å²) in [7, 11) is 1.58. The summed E-state index contributed by atoms with van der Waals surface area (Å²) >= 11 is 5.21. The molecule has 0 atom stereocenters. The van der Waals surface area contributed by atoms with E-state index in [1.165, 1.54) is 4.68 Å². The minimum Gasteiger partial charge on any atom is -0.497 e. The minimum absolute atomic E-state index is 0.00362. The standard InChI is InChI=1S/C22H24N2O4S/c1-14(2)18-10-5-15(3)11-20(18)27-13-21-23-24(22(29)28-21)12-19(25)16-6-8-17(26-4)9-7-16/h5-11,14H,12-13H2,1-4H3. The van der Waals surface area contributed by atoms with Crippen LogP contribution in [0.4, 0.5) is 0 Å². The van der Waals surface area contributed by atoms with Crippen LogP contribution in [0.3, 0.4) is 0 Å². The highest BCUT2D eigenvalue weighted by molar-refractivity contribution is 7.71. The van der Waals surface area contributed by atoms with Gasteiger partial charge in [-0.3, -0.25) is 4.79 Å². The van der Waals surface area contributed by atoms with E-state index in [1.807, 2.05) is 13.0 Å². The molecule has 1 heterocycles. The average Bonchev–Trinajstić information content (AvgIpc) is 3.05. The smallest absolute Gasteiger partial charge is 0.287 e. The van der Waals surface area contributed by atoms with Crippen LogP contribution in [0.1, 0.15) is 47.1 Å². The van der Waals surface area contributed by atoms with Crippen LogP contribution in [-0.2, 0) is 13.2 Å². The summed E-state index contributed by atoms with van der Waals surface area (Å²) in [4.78, 5) is 12.6. The van der Waals surface area contributed by atoms with Gasteiger partial charge in [0.05, 0.1) is 7.11 Å². The average molecular weight is 413 g/mol. The van der Waals surface area contributed by atoms with E-state index in [0.29, 0.717) is 23.1 Å². The van der Waals surface area contributed by atoms with Gasteiger partial charge >= 0.3 is 0 Å². The second-order valence-electron chi connectivity index (χ2n) is 7.06. The van der Waals surface area contributed by atoms with Gasteiger partial charge < -0.3 is 13.9 Å². The Balaban J connectivity index is 1.70. The SMILES string of the molecule is COc1ccc(C(=O)Cn2nc(COc3cc(C)ccc3C(C)C)oc2=S)cc1. The molecule has 152 valence electrons. The third kappa shape index (κ3) is 5.12. The molecule has 0 bridgehead atoms. The molecule has 0 fully saturated rings. The lowest BCUT2D eigenvalue weighted by molar-refractivity contribution is 0.0966. The van der Waals surface area contributed by atoms with Crippen molar-refractivity contribution in [2.24, 2.45) is 0 Å². The van der Waals surface area contributed by atoms with Crippen molar-refractivity contribution in [1.82, 2.24) is 9.78 Å². The molecule has 0 aliphatic heterocycles. The fourth-order valence-corrected chi connectivity index (χ4v) is 3.10. The Hall–Kier alpha value is -2.93. The molecule has 0 aliphatic carbocycles. The fraction of sp³-hybridized carbons (Fsp3) is 0.318. The largest absolute Gasteiger partial charge is 0.497 e. The lowest BCUT2D eigenvalue weighted by Crippen LogP contribution is -2.12. The van der Waals surface area contributed by atoms with E-state index in [4.69, 9.17) is 26.1 Å². The van der Waals surface area contributed by atoms with Gasteiger partial charge in [-0.1, -0.05) is 26.0 Å². The Labute approximate surface area is 175 Å². The number of methoxy groups -OCH3 is 1. The van der Waals surface area contributed by atoms with Gasteiger partial charge in [0.1, 0.15) is 18.0 Å². The molecule has 0 aliphatic rings. The number of aromatic nitrogens is 2. The molecule has 0 amide bonds. The summed E-state index contributed by atoms with van der Waals surface area (Å²) < 4.78 is 17.9. The highest BCUT2D eigenvalue weighted by Crippen LogP contribution is 2.28. The monoisotopic (exact) mass is 412 g/mol. The van der Waals surface area contributed by atoms with Gasteiger partial charge in [0, 0.05) is 5.56 Å². The fourth-order valence-electron chi connectivity index (χ4n) is 2.89. The van der Waals surface area contributed by atoms with Gasteiger partial charge in [-0.25, -0.2) is 4.68 Å². The zero-order valence-electron chi connectivity index (χ0n) is 17.0. The molecule has 29 heavy (non-hydrogen) atoms. The van der Waals surface area contributed by atoms with E-state index < -0.39 is 0 Å². The highest BCUT2D eigenvalue weighted by Gasteiger charge is 2.14. The third-order valence-corrected chi connectivity index (χ3v) is 4.79. The van der Waals surface area contributed by atoms with Crippen molar-refractivity contribution in [1.29, 1.82) is 0 Å². The number of rotatable bonds is 8. The first kappa shape index (κ1) is 20.8. The van der Waals surface area contributed by atoms with Crippen LogP contribution < -0.4 is 9.47 Å². The quantitative estimate of drug-likeness (QED) is 0.378. The lowest BCUT2D eigenvalue weighted by atomic mass is 10.0. The summed E-state index contributed by atoms with van der Waals surface area (Å²) in [6.45, 7) is 6.38. The van der Waals surface area contributed by atoms with Crippen LogP contribution in [-0.4, -0.2) is 22.7 Å². The molecular weight excluding hydrogens is 388 g/mol. The van der Waals surface area contributed by atoms with Crippen molar-refractivity contribution in [3.8, 4) is 11.5 Å². The van der Waals surface area contributed by atoms with Crippen molar-refractivity contribution in [2.75, 3.05) is 7.11 Å². The molecule has 1 aromatic heterocycles. The van der Waals surface area contributed by atoms with Crippen LogP contribution in [0, 0.1) is 11.8 Å². The van der Waals surface area contributed by atoms with Crippen molar-refractivity contribution in [2.45, 2.75) is 39.8 Å². The van der Waals surface area contributed by atoms with Crippen molar-refractivity contribution in [3.63, 3.8) is 0 Å². The number of nitrogens with zero attached hydrogens (tertiary/aromatic N) is 2. The van der Waals surface area contributed by atoms with E-state index in [2.05, 4.69) is 31.1 Å². The number of ether oxygens (including phenoxy) is 2. The second kappa shape index (κ2) is 9.05. The maximum atomic E-state index is 12.5. The van der Waals surface area contributed by atoms with Gasteiger partial charge in [0.25, 0.3) is 10.7 Å². The first-order chi connectivity index (χ1) is 13.9. The van der Waals surface area contributed by atoms with Crippen molar-refractivity contribution in [3.05, 3.63) is 69.9 Å². The maximum absolute atomic E-state index is 12.5. The van der Waals surface area contributed by atoms with E-state index >= 15 is 0 Å². The van der Waals surface area contributed by atoms with E-state index in [1.54, 1.807) is 31.4 Å². The number of benzene rings is 2. The van der Waals surface area contributed by atoms with Gasteiger partial charge in [-0.15, -0.1) is 5.10 Å². The number of carbonyl (C=O) groups is 1. The van der Waals surface area contributed by atoms with Crippen LogP contribution in [0.25, 0.3) is 0 Å². The molecule has 0 saturated heterocycles. The predicted molar refractivity (Wildman–Crippen MR) is 112 cm³/mol. The van der Waals surface area contributed by atoms with Crippen molar-refractivity contribution < 1.29 is 18.7 Å². The molecule has 6 nitrogen and oxygen atoms in total. The summed E-state index contributed by atoms with van der Waals surface area (Å²) in [5, 5.41) is 4.30. The number of hydrogen-bond donors (Lipinski definition) is 0. The summed E-state index contributed by atoms with van der Waals surface area (Å²) in [6.07, 6.45) is 0. The molecule has 3 rings (SSSR count). The van der Waals surface area contributed by atoms with Gasteiger partial charge in [-0.2, -0.15) is 0 Å². The first-order valence-electron chi connectivity index (χ1n) is 9.34. The third-order valence-electron chi connectivity index (χ3n) is 4.50. The molecule has 0 N–H and O–H groups in total. The number of aryl methyl sites for hydroxylation is 1. The second-order valence-corrected chi connectivity index (χ2v) is 7.40.